The maximum absolute atomic E-state index is 13.1. The highest BCUT2D eigenvalue weighted by Gasteiger charge is 2.28. The summed E-state index contributed by atoms with van der Waals surface area (Å²) in [6, 6.07) is 4.27. The Labute approximate surface area is 168 Å². The fourth-order valence-corrected chi connectivity index (χ4v) is 3.02. The minimum Gasteiger partial charge on any atom is -0.491 e. The second-order valence-electron chi connectivity index (χ2n) is 8.25. The zero-order valence-corrected chi connectivity index (χ0v) is 17.4. The molecule has 2 N–H and O–H groups in total. The Kier molecular flexibility index (Phi) is 7.21. The normalized spacial score (nSPS) is 12.4. The van der Waals surface area contributed by atoms with E-state index in [4.69, 9.17) is 15.2 Å². The lowest BCUT2D eigenvalue weighted by Crippen LogP contribution is -2.31. The molecular weight excluding hydrogens is 385 g/mol. The molecule has 0 spiro atoms. The summed E-state index contributed by atoms with van der Waals surface area (Å²) in [5, 5.41) is 0.772. The van der Waals surface area contributed by atoms with Crippen molar-refractivity contribution in [1.29, 1.82) is 0 Å². The van der Waals surface area contributed by atoms with Crippen molar-refractivity contribution in [2.45, 2.75) is 59.8 Å². The van der Waals surface area contributed by atoms with Crippen LogP contribution in [0.1, 0.15) is 46.2 Å². The number of rotatable bonds is 8. The third-order valence-electron chi connectivity index (χ3n) is 4.27. The lowest BCUT2D eigenvalue weighted by Gasteiger charge is -2.25. The number of unbranched alkanes of at least 4 members (excludes halogenated alkanes) is 1. The maximum Gasteiger partial charge on any atom is 0.422 e. The van der Waals surface area contributed by atoms with Crippen molar-refractivity contribution in [2.24, 2.45) is 11.1 Å². The molecule has 0 radical (unpaired) electrons. The summed E-state index contributed by atoms with van der Waals surface area (Å²) in [6.45, 7) is 7.56. The van der Waals surface area contributed by atoms with Crippen LogP contribution in [0.4, 0.5) is 13.2 Å². The Morgan fingerprint density at radius 1 is 1.10 bits per heavy atom. The van der Waals surface area contributed by atoms with Crippen LogP contribution in [0, 0.1) is 5.41 Å². The number of aromatic nitrogens is 1. The average Bonchev–Trinajstić information content (AvgIpc) is 2.62. The van der Waals surface area contributed by atoms with Crippen LogP contribution in [0.2, 0.25) is 0 Å². The van der Waals surface area contributed by atoms with E-state index in [9.17, 15) is 18.0 Å². The molecule has 0 saturated carbocycles. The molecule has 1 heterocycles. The van der Waals surface area contributed by atoms with Gasteiger partial charge in [0.2, 0.25) is 0 Å². The minimum atomic E-state index is -4.45. The topological polar surface area (TPSA) is 66.5 Å². The molecule has 0 bridgehead atoms. The molecule has 0 fully saturated rings. The van der Waals surface area contributed by atoms with Gasteiger partial charge in [-0.3, -0.25) is 4.79 Å². The molecule has 5 nitrogen and oxygen atoms in total. The highest BCUT2D eigenvalue weighted by atomic mass is 19.4. The highest BCUT2D eigenvalue weighted by Crippen LogP contribution is 2.32. The molecule has 0 aliphatic carbocycles. The number of pyridine rings is 1. The van der Waals surface area contributed by atoms with E-state index in [0.717, 1.165) is 12.8 Å². The van der Waals surface area contributed by atoms with Crippen LogP contribution < -0.4 is 20.8 Å². The van der Waals surface area contributed by atoms with Gasteiger partial charge in [-0.15, -0.1) is 0 Å². The molecule has 0 aliphatic rings. The molecule has 29 heavy (non-hydrogen) atoms. The summed E-state index contributed by atoms with van der Waals surface area (Å²) >= 11 is 0. The van der Waals surface area contributed by atoms with E-state index in [0.29, 0.717) is 35.4 Å². The molecule has 0 unspecified atom stereocenters. The molecule has 0 atom stereocenters. The number of hydrogen-bond donors (Lipinski definition) is 1. The van der Waals surface area contributed by atoms with Crippen LogP contribution in [0.5, 0.6) is 11.5 Å². The summed E-state index contributed by atoms with van der Waals surface area (Å²) in [5.74, 6) is 0.448. The number of nitrogens with zero attached hydrogens (tertiary/aromatic N) is 1. The van der Waals surface area contributed by atoms with Crippen molar-refractivity contribution in [1.82, 2.24) is 4.57 Å². The Morgan fingerprint density at radius 2 is 1.79 bits per heavy atom. The molecule has 1 aromatic carbocycles. The van der Waals surface area contributed by atoms with Gasteiger partial charge in [0.05, 0.1) is 17.7 Å². The molecule has 2 aromatic rings. The van der Waals surface area contributed by atoms with Gasteiger partial charge in [-0.25, -0.2) is 0 Å². The fraction of sp³-hybridized carbons (Fsp3) is 0.571. The zero-order chi connectivity index (χ0) is 21.8. The van der Waals surface area contributed by atoms with Crippen LogP contribution in [0.25, 0.3) is 10.8 Å². The largest absolute Gasteiger partial charge is 0.491 e. The first-order valence-corrected chi connectivity index (χ1v) is 9.68. The number of hydrogen-bond acceptors (Lipinski definition) is 4. The van der Waals surface area contributed by atoms with Gasteiger partial charge in [0.15, 0.2) is 6.61 Å². The van der Waals surface area contributed by atoms with Crippen molar-refractivity contribution in [3.05, 3.63) is 34.2 Å². The van der Waals surface area contributed by atoms with Crippen LogP contribution >= 0.6 is 0 Å². The zero-order valence-electron chi connectivity index (χ0n) is 17.4. The smallest absolute Gasteiger partial charge is 0.422 e. The summed E-state index contributed by atoms with van der Waals surface area (Å²) in [7, 11) is 0. The summed E-state index contributed by atoms with van der Waals surface area (Å²) in [5.41, 5.74) is 6.07. The van der Waals surface area contributed by atoms with Crippen LogP contribution in [-0.4, -0.2) is 24.0 Å². The molecular formula is C21H29F3N2O3. The monoisotopic (exact) mass is 414 g/mol. The second kappa shape index (κ2) is 9.07. The average molecular weight is 414 g/mol. The van der Waals surface area contributed by atoms with E-state index in [1.807, 2.05) is 27.7 Å². The van der Waals surface area contributed by atoms with Gasteiger partial charge < -0.3 is 19.8 Å². The minimum absolute atomic E-state index is 0.0195. The Balaban J connectivity index is 2.65. The molecule has 162 valence electrons. The van der Waals surface area contributed by atoms with Crippen LogP contribution in [0.15, 0.2) is 23.0 Å². The number of nitrogens with two attached hydrogens (primary N) is 1. The van der Waals surface area contributed by atoms with Crippen LogP contribution in [0.3, 0.4) is 0 Å². The number of ether oxygens (including phenoxy) is 2. The molecule has 1 aromatic heterocycles. The molecule has 8 heteroatoms. The van der Waals surface area contributed by atoms with Crippen molar-refractivity contribution in [2.75, 3.05) is 13.2 Å². The lowest BCUT2D eigenvalue weighted by molar-refractivity contribution is -0.153. The third kappa shape index (κ3) is 6.13. The standard InChI is InChI=1S/C21H29F3N2O3/c1-5-6-9-28-18-16-10-14(29-13-21(22,23)24)7-8-15(16)19(27)26(17(18)11-25)12-20(2,3)4/h7-8,10H,5-6,9,11-13,25H2,1-4H3. The quantitative estimate of drug-likeness (QED) is 0.640. The highest BCUT2D eigenvalue weighted by molar-refractivity contribution is 5.89. The number of fused-ring (bicyclic) bond motifs is 1. The Bertz CT molecular complexity index is 899. The summed E-state index contributed by atoms with van der Waals surface area (Å²) < 4.78 is 50.0. The van der Waals surface area contributed by atoms with E-state index in [1.54, 1.807) is 4.57 Å². The van der Waals surface area contributed by atoms with Gasteiger partial charge >= 0.3 is 6.18 Å². The number of alkyl halides is 3. The molecule has 0 aliphatic heterocycles. The number of benzene rings is 1. The first-order valence-electron chi connectivity index (χ1n) is 9.68. The van der Waals surface area contributed by atoms with Crippen molar-refractivity contribution >= 4 is 10.8 Å². The van der Waals surface area contributed by atoms with E-state index >= 15 is 0 Å². The maximum atomic E-state index is 13.1. The second-order valence-corrected chi connectivity index (χ2v) is 8.25. The van der Waals surface area contributed by atoms with Crippen molar-refractivity contribution < 1.29 is 22.6 Å². The van der Waals surface area contributed by atoms with Crippen molar-refractivity contribution in [3.8, 4) is 11.5 Å². The van der Waals surface area contributed by atoms with E-state index in [1.165, 1.54) is 18.2 Å². The Hall–Kier alpha value is -2.22. The van der Waals surface area contributed by atoms with Gasteiger partial charge in [-0.05, 0) is 30.0 Å². The first kappa shape index (κ1) is 23.1. The van der Waals surface area contributed by atoms with Gasteiger partial charge in [0.1, 0.15) is 11.5 Å². The molecule has 0 amide bonds. The molecule has 0 saturated heterocycles. The first-order chi connectivity index (χ1) is 13.5. The van der Waals surface area contributed by atoms with Crippen molar-refractivity contribution in [3.63, 3.8) is 0 Å². The molecule has 2 rings (SSSR count). The predicted octanol–water partition coefficient (Wildman–Crippen LogP) is 4.63. The fourth-order valence-electron chi connectivity index (χ4n) is 3.02. The predicted molar refractivity (Wildman–Crippen MR) is 108 cm³/mol. The lowest BCUT2D eigenvalue weighted by atomic mass is 9.96. The number of halogens is 3. The van der Waals surface area contributed by atoms with E-state index in [2.05, 4.69) is 0 Å². The third-order valence-corrected chi connectivity index (χ3v) is 4.27. The summed E-state index contributed by atoms with van der Waals surface area (Å²) in [4.78, 5) is 13.1. The van der Waals surface area contributed by atoms with Gasteiger partial charge in [-0.2, -0.15) is 13.2 Å². The van der Waals surface area contributed by atoms with Gasteiger partial charge in [0.25, 0.3) is 5.56 Å². The van der Waals surface area contributed by atoms with E-state index < -0.39 is 12.8 Å². The Morgan fingerprint density at radius 3 is 2.34 bits per heavy atom. The summed E-state index contributed by atoms with van der Waals surface area (Å²) in [6.07, 6.45) is -2.74. The van der Waals surface area contributed by atoms with E-state index in [-0.39, 0.29) is 23.3 Å². The SMILES string of the molecule is CCCCOc1c(CN)n(CC(C)(C)C)c(=O)c2ccc(OCC(F)(F)F)cc12. The van der Waals surface area contributed by atoms with Gasteiger partial charge in [-0.1, -0.05) is 34.1 Å². The van der Waals surface area contributed by atoms with Crippen LogP contribution in [-0.2, 0) is 13.1 Å². The van der Waals surface area contributed by atoms with Gasteiger partial charge in [0, 0.05) is 18.5 Å².